The van der Waals surface area contributed by atoms with E-state index in [0.29, 0.717) is 29.5 Å². The van der Waals surface area contributed by atoms with Gasteiger partial charge >= 0.3 is 24.2 Å². The van der Waals surface area contributed by atoms with Crippen molar-refractivity contribution in [2.45, 2.75) is 63.1 Å². The van der Waals surface area contributed by atoms with Gasteiger partial charge in [0.05, 0.1) is 24.3 Å². The Morgan fingerprint density at radius 1 is 0.959 bits per heavy atom. The number of halogens is 8. The van der Waals surface area contributed by atoms with Crippen LogP contribution in [0.5, 0.6) is 5.75 Å². The van der Waals surface area contributed by atoms with E-state index in [-0.39, 0.29) is 32.0 Å². The first-order valence-corrected chi connectivity index (χ1v) is 15.1. The first kappa shape index (κ1) is 36.0. The molecular weight excluding hydrogens is 676 g/mol. The maximum Gasteiger partial charge on any atom is 0.420 e. The standard InChI is InChI=1S/C31H30F8N4O6/c1-2-48-21-5-3-4-18(25(21)31(37,38)39)26-19-13-17(30(34,35)36)6-7-20(19)43-27(40-41-28(43)29(32,33)15-44)22(49-26)14-23(45)42-10-8-16(9-11-42)12-24(46)47/h3-7,13,16,22,26,44H,2,8-12,14-15H2,1H3,(H,46,47)/t22-,26-/m1/s1. The van der Waals surface area contributed by atoms with Crippen LogP contribution in [0.1, 0.15) is 78.7 Å². The predicted molar refractivity (Wildman–Crippen MR) is 152 cm³/mol. The minimum absolute atomic E-state index is 0.108. The molecule has 2 N–H and O–H groups in total. The number of ether oxygens (including phenoxy) is 2. The number of aliphatic hydroxyl groups excluding tert-OH is 1. The molecule has 0 saturated carbocycles. The average Bonchev–Trinajstić information content (AvgIpc) is 3.43. The summed E-state index contributed by atoms with van der Waals surface area (Å²) in [6.45, 7) is -0.391. The SMILES string of the molecule is CCOc1cccc([C@H]2O[C@H](CC(=O)N3CCC(CC(=O)O)CC3)c3nnc(C(F)(F)CO)n3-c3ccc(C(F)(F)F)cc32)c1C(F)(F)F. The van der Waals surface area contributed by atoms with Gasteiger partial charge in [0.2, 0.25) is 11.7 Å². The van der Waals surface area contributed by atoms with Crippen LogP contribution < -0.4 is 4.74 Å². The number of carbonyl (C=O) groups excluding carboxylic acids is 1. The van der Waals surface area contributed by atoms with Crippen LogP contribution in [0.3, 0.4) is 0 Å². The van der Waals surface area contributed by atoms with Crippen LogP contribution in [-0.4, -0.2) is 68.1 Å². The maximum absolute atomic E-state index is 15.1. The van der Waals surface area contributed by atoms with Crippen LogP contribution in [0.25, 0.3) is 5.69 Å². The Labute approximate surface area is 273 Å². The number of alkyl halides is 8. The summed E-state index contributed by atoms with van der Waals surface area (Å²) in [6, 6.07) is 4.87. The molecule has 1 saturated heterocycles. The van der Waals surface area contributed by atoms with Crippen molar-refractivity contribution in [1.82, 2.24) is 19.7 Å². The maximum atomic E-state index is 15.1. The van der Waals surface area contributed by atoms with Crippen LogP contribution in [0.4, 0.5) is 35.1 Å². The van der Waals surface area contributed by atoms with Crippen LogP contribution in [0, 0.1) is 5.92 Å². The number of amides is 1. The summed E-state index contributed by atoms with van der Waals surface area (Å²) in [5.41, 5.74) is -4.58. The minimum atomic E-state index is -5.14. The molecule has 0 radical (unpaired) electrons. The summed E-state index contributed by atoms with van der Waals surface area (Å²) in [5, 5.41) is 25.8. The normalized spacial score (nSPS) is 18.9. The van der Waals surface area contributed by atoms with Gasteiger partial charge in [-0.15, -0.1) is 10.2 Å². The molecule has 18 heteroatoms. The number of hydrogen-bond donors (Lipinski definition) is 2. The largest absolute Gasteiger partial charge is 0.493 e. The number of rotatable bonds is 9. The van der Waals surface area contributed by atoms with Gasteiger partial charge in [0.15, 0.2) is 5.82 Å². The van der Waals surface area contributed by atoms with Gasteiger partial charge in [-0.25, -0.2) is 0 Å². The van der Waals surface area contributed by atoms with Crippen molar-refractivity contribution in [2.24, 2.45) is 5.92 Å². The second-order valence-corrected chi connectivity index (χ2v) is 11.6. The highest BCUT2D eigenvalue weighted by Crippen LogP contribution is 2.49. The number of carboxylic acid groups (broad SMARTS) is 1. The Hall–Kier alpha value is -4.32. The lowest BCUT2D eigenvalue weighted by molar-refractivity contribution is -0.143. The van der Waals surface area contributed by atoms with Crippen molar-refractivity contribution in [1.29, 1.82) is 0 Å². The Balaban J connectivity index is 1.70. The first-order valence-electron chi connectivity index (χ1n) is 15.1. The molecule has 1 fully saturated rings. The fourth-order valence-corrected chi connectivity index (χ4v) is 6.14. The molecule has 10 nitrogen and oxygen atoms in total. The molecule has 2 aromatic carbocycles. The number of aromatic nitrogens is 3. The molecule has 0 spiro atoms. The van der Waals surface area contributed by atoms with E-state index in [4.69, 9.17) is 14.6 Å². The number of carbonyl (C=O) groups is 2. The fourth-order valence-electron chi connectivity index (χ4n) is 6.14. The Kier molecular flexibility index (Phi) is 9.93. The summed E-state index contributed by atoms with van der Waals surface area (Å²) < 4.78 is 128. The molecule has 5 rings (SSSR count). The minimum Gasteiger partial charge on any atom is -0.493 e. The van der Waals surface area contributed by atoms with Crippen molar-refractivity contribution in [3.05, 3.63) is 70.3 Å². The predicted octanol–water partition coefficient (Wildman–Crippen LogP) is 6.05. The highest BCUT2D eigenvalue weighted by molar-refractivity contribution is 5.77. The van der Waals surface area contributed by atoms with Gasteiger partial charge in [0.25, 0.3) is 0 Å². The highest BCUT2D eigenvalue weighted by atomic mass is 19.4. The van der Waals surface area contributed by atoms with E-state index in [1.165, 1.54) is 11.8 Å². The third kappa shape index (κ3) is 7.34. The number of nitrogens with zero attached hydrogens (tertiary/aromatic N) is 4. The van der Waals surface area contributed by atoms with Crippen LogP contribution >= 0.6 is 0 Å². The molecular formula is C31H30F8N4O6. The van der Waals surface area contributed by atoms with Crippen LogP contribution in [-0.2, 0) is 32.6 Å². The van der Waals surface area contributed by atoms with E-state index in [1.807, 2.05) is 0 Å². The van der Waals surface area contributed by atoms with E-state index >= 15 is 8.78 Å². The molecule has 1 aromatic heterocycles. The van der Waals surface area contributed by atoms with Gasteiger partial charge in [-0.2, -0.15) is 35.1 Å². The van der Waals surface area contributed by atoms with E-state index in [1.54, 1.807) is 0 Å². The Morgan fingerprint density at radius 3 is 2.24 bits per heavy atom. The number of aliphatic hydroxyl groups is 1. The van der Waals surface area contributed by atoms with Gasteiger partial charge in [-0.1, -0.05) is 12.1 Å². The summed E-state index contributed by atoms with van der Waals surface area (Å²) in [5.74, 6) is -8.49. The van der Waals surface area contributed by atoms with Gasteiger partial charge in [-0.3, -0.25) is 14.2 Å². The summed E-state index contributed by atoms with van der Waals surface area (Å²) in [6.07, 6.45) is -14.2. The number of hydrogen-bond acceptors (Lipinski definition) is 7. The number of aliphatic carboxylic acids is 1. The van der Waals surface area contributed by atoms with Gasteiger partial charge in [0, 0.05) is 30.6 Å². The van der Waals surface area contributed by atoms with Crippen molar-refractivity contribution in [2.75, 3.05) is 26.3 Å². The van der Waals surface area contributed by atoms with Crippen LogP contribution in [0.15, 0.2) is 36.4 Å². The first-order chi connectivity index (χ1) is 23.0. The summed E-state index contributed by atoms with van der Waals surface area (Å²) in [7, 11) is 0. The Morgan fingerprint density at radius 2 is 1.65 bits per heavy atom. The molecule has 0 unspecified atom stereocenters. The second kappa shape index (κ2) is 13.5. The highest BCUT2D eigenvalue weighted by Gasteiger charge is 2.46. The lowest BCUT2D eigenvalue weighted by Crippen LogP contribution is -2.39. The summed E-state index contributed by atoms with van der Waals surface area (Å²) in [4.78, 5) is 26.1. The molecule has 49 heavy (non-hydrogen) atoms. The van der Waals surface area contributed by atoms with E-state index in [0.717, 1.165) is 24.3 Å². The van der Waals surface area contributed by atoms with E-state index in [2.05, 4.69) is 10.2 Å². The number of likely N-dealkylation sites (tertiary alicyclic amines) is 1. The van der Waals surface area contributed by atoms with Gasteiger partial charge < -0.3 is 24.6 Å². The quantitative estimate of drug-likeness (QED) is 0.258. The smallest absolute Gasteiger partial charge is 0.420 e. The lowest BCUT2D eigenvalue weighted by Gasteiger charge is -2.32. The molecule has 3 heterocycles. The number of benzene rings is 2. The monoisotopic (exact) mass is 706 g/mol. The molecule has 2 aliphatic heterocycles. The van der Waals surface area contributed by atoms with E-state index < -0.39 is 101 Å². The third-order valence-corrected chi connectivity index (χ3v) is 8.40. The molecule has 3 aromatic rings. The van der Waals surface area contributed by atoms with Gasteiger partial charge in [0.1, 0.15) is 30.1 Å². The van der Waals surface area contributed by atoms with Gasteiger partial charge in [-0.05, 0) is 49.9 Å². The molecule has 0 bridgehead atoms. The molecule has 0 aliphatic carbocycles. The van der Waals surface area contributed by atoms with Crippen LogP contribution in [0.2, 0.25) is 0 Å². The molecule has 2 atom stereocenters. The zero-order valence-corrected chi connectivity index (χ0v) is 25.7. The number of fused-ring (bicyclic) bond motifs is 3. The van der Waals surface area contributed by atoms with Crippen molar-refractivity contribution >= 4 is 11.9 Å². The van der Waals surface area contributed by atoms with Crippen molar-refractivity contribution in [3.63, 3.8) is 0 Å². The zero-order valence-electron chi connectivity index (χ0n) is 25.7. The summed E-state index contributed by atoms with van der Waals surface area (Å²) >= 11 is 0. The molecule has 1 amide bonds. The lowest BCUT2D eigenvalue weighted by atomic mass is 9.93. The van der Waals surface area contributed by atoms with Crippen molar-refractivity contribution < 1.29 is 64.4 Å². The average molecular weight is 707 g/mol. The number of carboxylic acids is 1. The fraction of sp³-hybridized carbons (Fsp3) is 0.484. The Bertz CT molecular complexity index is 1700. The third-order valence-electron chi connectivity index (χ3n) is 8.40. The molecule has 2 aliphatic rings. The zero-order chi connectivity index (χ0) is 35.9. The van der Waals surface area contributed by atoms with E-state index in [9.17, 15) is 41.0 Å². The topological polar surface area (TPSA) is 127 Å². The number of piperidine rings is 1. The van der Waals surface area contributed by atoms with Crippen molar-refractivity contribution in [3.8, 4) is 11.4 Å². The second-order valence-electron chi connectivity index (χ2n) is 11.6. The molecule has 266 valence electrons.